The van der Waals surface area contributed by atoms with Crippen molar-refractivity contribution in [3.05, 3.63) is 24.3 Å². The monoisotopic (exact) mass is 291 g/mol. The van der Waals surface area contributed by atoms with Gasteiger partial charge in [-0.1, -0.05) is 0 Å². The number of aliphatic hydroxyl groups excluding tert-OH is 1. The van der Waals surface area contributed by atoms with Gasteiger partial charge in [0.1, 0.15) is 6.61 Å². The van der Waals surface area contributed by atoms with Crippen LogP contribution < -0.4 is 0 Å². The minimum atomic E-state index is -0.390. The van der Waals surface area contributed by atoms with E-state index in [2.05, 4.69) is 9.97 Å². The smallest absolute Gasteiger partial charge is 0.248 e. The summed E-state index contributed by atoms with van der Waals surface area (Å²) in [5.41, 5.74) is 1.16. The Hall–Kier alpha value is -1.53. The molecule has 1 atom stereocenters. The predicted molar refractivity (Wildman–Crippen MR) is 75.4 cm³/mol. The summed E-state index contributed by atoms with van der Waals surface area (Å²) in [6, 6.07) is 0. The number of amides is 1. The van der Waals surface area contributed by atoms with Crippen LogP contribution in [0.15, 0.2) is 18.6 Å². The number of aromatic nitrogens is 2. The van der Waals surface area contributed by atoms with Gasteiger partial charge in [0.05, 0.1) is 18.4 Å². The normalized spacial score (nSPS) is 24.4. The first-order valence-electron chi connectivity index (χ1n) is 7.46. The third-order valence-corrected chi connectivity index (χ3v) is 4.65. The molecule has 2 aliphatic rings. The molecule has 1 spiro atoms. The molecule has 0 aliphatic carbocycles. The van der Waals surface area contributed by atoms with Gasteiger partial charge in [-0.15, -0.1) is 0 Å². The van der Waals surface area contributed by atoms with Crippen molar-refractivity contribution in [3.8, 4) is 0 Å². The van der Waals surface area contributed by atoms with Gasteiger partial charge in [0.15, 0.2) is 0 Å². The predicted octanol–water partition coefficient (Wildman–Crippen LogP) is 0.409. The first-order chi connectivity index (χ1) is 10.2. The van der Waals surface area contributed by atoms with E-state index in [1.165, 1.54) is 0 Å². The molecule has 1 aromatic heterocycles. The summed E-state index contributed by atoms with van der Waals surface area (Å²) in [5.74, 6) is -0.167. The number of hydrogen-bond acceptors (Lipinski definition) is 5. The highest BCUT2D eigenvalue weighted by atomic mass is 16.5. The Labute approximate surface area is 124 Å². The maximum atomic E-state index is 11.5. The van der Waals surface area contributed by atoms with Gasteiger partial charge in [0.2, 0.25) is 5.91 Å². The number of rotatable bonds is 3. The SMILES string of the molecule is O=C(CO)N1CCC2(CC1)CO[C@H](Cc1cnccn1)C2. The molecule has 2 aliphatic heterocycles. The van der Waals surface area contributed by atoms with E-state index < -0.39 is 6.61 Å². The van der Waals surface area contributed by atoms with Gasteiger partial charge in [-0.05, 0) is 24.7 Å². The van der Waals surface area contributed by atoms with Crippen LogP contribution in [0.3, 0.4) is 0 Å². The molecular weight excluding hydrogens is 270 g/mol. The Morgan fingerprint density at radius 1 is 1.43 bits per heavy atom. The molecule has 6 heteroatoms. The molecule has 0 aromatic carbocycles. The lowest BCUT2D eigenvalue weighted by Gasteiger charge is -2.38. The lowest BCUT2D eigenvalue weighted by atomic mass is 9.76. The summed E-state index contributed by atoms with van der Waals surface area (Å²) < 4.78 is 5.95. The van der Waals surface area contributed by atoms with E-state index >= 15 is 0 Å². The van der Waals surface area contributed by atoms with Crippen LogP contribution in [0.5, 0.6) is 0 Å². The molecule has 2 fully saturated rings. The van der Waals surface area contributed by atoms with Gasteiger partial charge in [0, 0.05) is 38.1 Å². The number of carbonyl (C=O) groups is 1. The fourth-order valence-corrected chi connectivity index (χ4v) is 3.37. The zero-order valence-corrected chi connectivity index (χ0v) is 12.1. The van der Waals surface area contributed by atoms with Gasteiger partial charge >= 0.3 is 0 Å². The Kier molecular flexibility index (Phi) is 4.17. The summed E-state index contributed by atoms with van der Waals surface area (Å²) in [5, 5.41) is 8.92. The van der Waals surface area contributed by atoms with Crippen LogP contribution in [0.4, 0.5) is 0 Å². The second-order valence-corrected chi connectivity index (χ2v) is 6.08. The lowest BCUT2D eigenvalue weighted by Crippen LogP contribution is -2.44. The molecule has 1 amide bonds. The molecule has 1 aromatic rings. The highest BCUT2D eigenvalue weighted by molar-refractivity contribution is 5.77. The molecular formula is C15H21N3O3. The van der Waals surface area contributed by atoms with E-state index in [4.69, 9.17) is 9.84 Å². The van der Waals surface area contributed by atoms with Crippen molar-refractivity contribution in [3.63, 3.8) is 0 Å². The fraction of sp³-hybridized carbons (Fsp3) is 0.667. The number of ether oxygens (including phenoxy) is 1. The average molecular weight is 291 g/mol. The second-order valence-electron chi connectivity index (χ2n) is 6.08. The van der Waals surface area contributed by atoms with Crippen LogP contribution in [0.1, 0.15) is 25.0 Å². The molecule has 6 nitrogen and oxygen atoms in total. The van der Waals surface area contributed by atoms with Crippen molar-refractivity contribution < 1.29 is 14.6 Å². The van der Waals surface area contributed by atoms with Crippen molar-refractivity contribution in [2.45, 2.75) is 31.8 Å². The Morgan fingerprint density at radius 3 is 2.90 bits per heavy atom. The van der Waals surface area contributed by atoms with E-state index in [0.717, 1.165) is 51.1 Å². The second kappa shape index (κ2) is 6.07. The van der Waals surface area contributed by atoms with Crippen LogP contribution in [0.25, 0.3) is 0 Å². The average Bonchev–Trinajstić information content (AvgIpc) is 2.91. The minimum absolute atomic E-state index is 0.167. The molecule has 114 valence electrons. The Morgan fingerprint density at radius 2 is 2.24 bits per heavy atom. The first kappa shape index (κ1) is 14.4. The van der Waals surface area contributed by atoms with Crippen LogP contribution >= 0.6 is 0 Å². The quantitative estimate of drug-likeness (QED) is 0.873. The highest BCUT2D eigenvalue weighted by Crippen LogP contribution is 2.42. The van der Waals surface area contributed by atoms with E-state index in [0.29, 0.717) is 0 Å². The maximum absolute atomic E-state index is 11.5. The summed E-state index contributed by atoms with van der Waals surface area (Å²) in [7, 11) is 0. The molecule has 0 unspecified atom stereocenters. The Bertz CT molecular complexity index is 486. The number of likely N-dealkylation sites (tertiary alicyclic amines) is 1. The van der Waals surface area contributed by atoms with E-state index in [9.17, 15) is 4.79 Å². The largest absolute Gasteiger partial charge is 0.387 e. The lowest BCUT2D eigenvalue weighted by molar-refractivity contribution is -0.136. The topological polar surface area (TPSA) is 75.5 Å². The van der Waals surface area contributed by atoms with E-state index in [1.54, 1.807) is 23.5 Å². The number of aliphatic hydroxyl groups is 1. The van der Waals surface area contributed by atoms with Crippen molar-refractivity contribution >= 4 is 5.91 Å². The van der Waals surface area contributed by atoms with Crippen molar-refractivity contribution in [1.29, 1.82) is 0 Å². The third-order valence-electron chi connectivity index (χ3n) is 4.65. The summed E-state index contributed by atoms with van der Waals surface area (Å²) in [4.78, 5) is 21.6. The number of nitrogens with zero attached hydrogens (tertiary/aromatic N) is 3. The minimum Gasteiger partial charge on any atom is -0.387 e. The van der Waals surface area contributed by atoms with Gasteiger partial charge in [-0.25, -0.2) is 0 Å². The van der Waals surface area contributed by atoms with Crippen molar-refractivity contribution in [2.24, 2.45) is 5.41 Å². The highest BCUT2D eigenvalue weighted by Gasteiger charge is 2.42. The molecule has 2 saturated heterocycles. The third kappa shape index (κ3) is 3.22. The Balaban J connectivity index is 1.54. The summed E-state index contributed by atoms with van der Waals surface area (Å²) >= 11 is 0. The zero-order valence-electron chi connectivity index (χ0n) is 12.1. The summed E-state index contributed by atoms with van der Waals surface area (Å²) in [6.45, 7) is 1.82. The van der Waals surface area contributed by atoms with Crippen LogP contribution in [0.2, 0.25) is 0 Å². The van der Waals surface area contributed by atoms with Crippen molar-refractivity contribution in [2.75, 3.05) is 26.3 Å². The molecule has 3 rings (SSSR count). The maximum Gasteiger partial charge on any atom is 0.248 e. The van der Waals surface area contributed by atoms with Crippen LogP contribution in [-0.2, 0) is 16.0 Å². The molecule has 3 heterocycles. The fourth-order valence-electron chi connectivity index (χ4n) is 3.37. The van der Waals surface area contributed by atoms with Gasteiger partial charge in [-0.2, -0.15) is 0 Å². The van der Waals surface area contributed by atoms with Crippen molar-refractivity contribution in [1.82, 2.24) is 14.9 Å². The standard InChI is InChI=1S/C15H21N3O3/c19-10-14(20)18-5-1-15(2-6-18)8-13(21-11-15)7-12-9-16-3-4-17-12/h3-4,9,13,19H,1-2,5-8,10-11H2/t13-/m1/s1. The molecule has 0 bridgehead atoms. The summed E-state index contributed by atoms with van der Waals surface area (Å²) in [6.07, 6.45) is 9.09. The molecule has 1 N–H and O–H groups in total. The first-order valence-corrected chi connectivity index (χ1v) is 7.46. The van der Waals surface area contributed by atoms with Gasteiger partial charge in [-0.3, -0.25) is 14.8 Å². The number of piperidine rings is 1. The van der Waals surface area contributed by atoms with E-state index in [-0.39, 0.29) is 17.4 Å². The van der Waals surface area contributed by atoms with Crippen LogP contribution in [-0.4, -0.2) is 58.3 Å². The van der Waals surface area contributed by atoms with Gasteiger partial charge in [0.25, 0.3) is 0 Å². The molecule has 0 saturated carbocycles. The number of carbonyl (C=O) groups excluding carboxylic acids is 1. The molecule has 0 radical (unpaired) electrons. The number of hydrogen-bond donors (Lipinski definition) is 1. The van der Waals surface area contributed by atoms with E-state index in [1.807, 2.05) is 0 Å². The molecule has 21 heavy (non-hydrogen) atoms. The zero-order chi connectivity index (χ0) is 14.7. The van der Waals surface area contributed by atoms with Gasteiger partial charge < -0.3 is 14.7 Å². The van der Waals surface area contributed by atoms with Crippen LogP contribution in [0, 0.1) is 5.41 Å².